The van der Waals surface area contributed by atoms with Gasteiger partial charge < -0.3 is 10.2 Å². The number of rotatable bonds is 3. The average molecular weight is 316 g/mol. The Morgan fingerprint density at radius 3 is 2.80 bits per heavy atom. The van der Waals surface area contributed by atoms with Crippen molar-refractivity contribution >= 4 is 29.1 Å². The third-order valence-electron chi connectivity index (χ3n) is 3.45. The standard InChI is InChI=1S/C14H19Cl2N3O/c1-18(2)14(20)13-8-17-5-6-19(13)9-10-3-4-11(15)12(16)7-10/h3-4,7,13,17H,5-6,8-9H2,1-2H3. The topological polar surface area (TPSA) is 35.6 Å². The summed E-state index contributed by atoms with van der Waals surface area (Å²) in [6.45, 7) is 3.10. The molecule has 1 saturated heterocycles. The molecule has 0 aliphatic carbocycles. The number of hydrogen-bond donors (Lipinski definition) is 1. The summed E-state index contributed by atoms with van der Waals surface area (Å²) in [5, 5.41) is 4.37. The number of carbonyl (C=O) groups excluding carboxylic acids is 1. The fraction of sp³-hybridized carbons (Fsp3) is 0.500. The molecule has 1 aromatic carbocycles. The molecule has 1 amide bonds. The molecule has 1 N–H and O–H groups in total. The molecular formula is C14H19Cl2N3O. The predicted octanol–water partition coefficient (Wildman–Crippen LogP) is 1.86. The van der Waals surface area contributed by atoms with Crippen LogP contribution in [0.5, 0.6) is 0 Å². The van der Waals surface area contributed by atoms with Crippen LogP contribution in [0.15, 0.2) is 18.2 Å². The second-order valence-electron chi connectivity index (χ2n) is 5.17. The number of likely N-dealkylation sites (N-methyl/N-ethyl adjacent to an activating group) is 1. The maximum Gasteiger partial charge on any atom is 0.240 e. The van der Waals surface area contributed by atoms with Crippen molar-refractivity contribution < 1.29 is 4.79 Å². The monoisotopic (exact) mass is 315 g/mol. The Bertz CT molecular complexity index is 493. The molecule has 20 heavy (non-hydrogen) atoms. The molecule has 110 valence electrons. The van der Waals surface area contributed by atoms with Crippen LogP contribution >= 0.6 is 23.2 Å². The summed E-state index contributed by atoms with van der Waals surface area (Å²) in [5.74, 6) is 0.122. The van der Waals surface area contributed by atoms with Gasteiger partial charge in [-0.25, -0.2) is 0 Å². The number of amides is 1. The molecule has 1 unspecified atom stereocenters. The summed E-state index contributed by atoms with van der Waals surface area (Å²) in [4.78, 5) is 16.0. The first-order valence-corrected chi connectivity index (χ1v) is 7.34. The van der Waals surface area contributed by atoms with Gasteiger partial charge in [0.15, 0.2) is 0 Å². The minimum absolute atomic E-state index is 0.122. The summed E-state index contributed by atoms with van der Waals surface area (Å²) < 4.78 is 0. The molecule has 0 aromatic heterocycles. The first kappa shape index (κ1) is 15.6. The molecule has 6 heteroatoms. The van der Waals surface area contributed by atoms with Crippen molar-refractivity contribution in [2.24, 2.45) is 0 Å². The Hall–Kier alpha value is -0.810. The molecular weight excluding hydrogens is 297 g/mol. The van der Waals surface area contributed by atoms with Gasteiger partial charge in [-0.1, -0.05) is 29.3 Å². The van der Waals surface area contributed by atoms with Gasteiger partial charge in [-0.05, 0) is 17.7 Å². The number of nitrogens with zero attached hydrogens (tertiary/aromatic N) is 2. The maximum atomic E-state index is 12.2. The molecule has 1 heterocycles. The van der Waals surface area contributed by atoms with Gasteiger partial charge in [0.1, 0.15) is 6.04 Å². The fourth-order valence-corrected chi connectivity index (χ4v) is 2.67. The van der Waals surface area contributed by atoms with Crippen LogP contribution in [0.2, 0.25) is 10.0 Å². The molecule has 0 bridgehead atoms. The molecule has 0 saturated carbocycles. The van der Waals surface area contributed by atoms with Crippen LogP contribution in [0.3, 0.4) is 0 Å². The zero-order valence-electron chi connectivity index (χ0n) is 11.7. The average Bonchev–Trinajstić information content (AvgIpc) is 2.42. The van der Waals surface area contributed by atoms with Gasteiger partial charge in [-0.15, -0.1) is 0 Å². The van der Waals surface area contributed by atoms with Gasteiger partial charge in [-0.3, -0.25) is 9.69 Å². The zero-order chi connectivity index (χ0) is 14.7. The van der Waals surface area contributed by atoms with Gasteiger partial charge in [0.25, 0.3) is 0 Å². The van der Waals surface area contributed by atoms with Gasteiger partial charge in [0, 0.05) is 40.3 Å². The molecule has 1 aliphatic rings. The Kier molecular flexibility index (Phi) is 5.27. The Balaban J connectivity index is 2.12. The van der Waals surface area contributed by atoms with Crippen molar-refractivity contribution in [3.8, 4) is 0 Å². The predicted molar refractivity (Wildman–Crippen MR) is 82.2 cm³/mol. The third-order valence-corrected chi connectivity index (χ3v) is 4.19. The minimum Gasteiger partial charge on any atom is -0.347 e. The molecule has 0 radical (unpaired) electrons. The van der Waals surface area contributed by atoms with Gasteiger partial charge in [-0.2, -0.15) is 0 Å². The van der Waals surface area contributed by atoms with E-state index in [1.165, 1.54) is 0 Å². The lowest BCUT2D eigenvalue weighted by molar-refractivity contribution is -0.135. The SMILES string of the molecule is CN(C)C(=O)C1CNCCN1Cc1ccc(Cl)c(Cl)c1. The quantitative estimate of drug-likeness (QED) is 0.924. The van der Waals surface area contributed by atoms with Crippen molar-refractivity contribution in [2.75, 3.05) is 33.7 Å². The normalized spacial score (nSPS) is 19.9. The van der Waals surface area contributed by atoms with E-state index < -0.39 is 0 Å². The third kappa shape index (κ3) is 3.64. The van der Waals surface area contributed by atoms with E-state index in [4.69, 9.17) is 23.2 Å². The number of piperazine rings is 1. The highest BCUT2D eigenvalue weighted by molar-refractivity contribution is 6.42. The molecule has 0 spiro atoms. The van der Waals surface area contributed by atoms with Crippen LogP contribution in [-0.4, -0.2) is 55.5 Å². The lowest BCUT2D eigenvalue weighted by Gasteiger charge is -2.36. The molecule has 2 rings (SSSR count). The number of hydrogen-bond acceptors (Lipinski definition) is 3. The highest BCUT2D eigenvalue weighted by atomic mass is 35.5. The van der Waals surface area contributed by atoms with Gasteiger partial charge >= 0.3 is 0 Å². The number of benzene rings is 1. The summed E-state index contributed by atoms with van der Waals surface area (Å²) in [6, 6.07) is 5.48. The fourth-order valence-electron chi connectivity index (χ4n) is 2.35. The molecule has 4 nitrogen and oxygen atoms in total. The lowest BCUT2D eigenvalue weighted by atomic mass is 10.1. The summed E-state index contributed by atoms with van der Waals surface area (Å²) in [7, 11) is 3.57. The molecule has 1 aliphatic heterocycles. The molecule has 1 atom stereocenters. The summed E-state index contributed by atoms with van der Waals surface area (Å²) in [5.41, 5.74) is 1.07. The van der Waals surface area contributed by atoms with Crippen molar-refractivity contribution in [2.45, 2.75) is 12.6 Å². The first-order valence-electron chi connectivity index (χ1n) is 6.59. The highest BCUT2D eigenvalue weighted by Gasteiger charge is 2.29. The number of halogens is 2. The van der Waals surface area contributed by atoms with E-state index in [0.29, 0.717) is 23.1 Å². The van der Waals surface area contributed by atoms with E-state index >= 15 is 0 Å². The zero-order valence-corrected chi connectivity index (χ0v) is 13.2. The van der Waals surface area contributed by atoms with Crippen LogP contribution < -0.4 is 5.32 Å². The Morgan fingerprint density at radius 2 is 2.15 bits per heavy atom. The highest BCUT2D eigenvalue weighted by Crippen LogP contribution is 2.23. The second-order valence-corrected chi connectivity index (χ2v) is 5.99. The Labute approximate surface area is 129 Å². The first-order chi connectivity index (χ1) is 9.49. The molecule has 1 aromatic rings. The largest absolute Gasteiger partial charge is 0.347 e. The minimum atomic E-state index is -0.131. The van der Waals surface area contributed by atoms with Gasteiger partial charge in [0.2, 0.25) is 5.91 Å². The van der Waals surface area contributed by atoms with Crippen LogP contribution in [0.1, 0.15) is 5.56 Å². The van der Waals surface area contributed by atoms with Crippen molar-refractivity contribution in [3.63, 3.8) is 0 Å². The van der Waals surface area contributed by atoms with Crippen LogP contribution in [0, 0.1) is 0 Å². The molecule has 1 fully saturated rings. The van der Waals surface area contributed by atoms with Crippen molar-refractivity contribution in [3.05, 3.63) is 33.8 Å². The van der Waals surface area contributed by atoms with E-state index in [-0.39, 0.29) is 11.9 Å². The summed E-state index contributed by atoms with van der Waals surface area (Å²) >= 11 is 12.0. The van der Waals surface area contributed by atoms with E-state index in [1.54, 1.807) is 25.1 Å². The second kappa shape index (κ2) is 6.76. The van der Waals surface area contributed by atoms with Crippen molar-refractivity contribution in [1.82, 2.24) is 15.1 Å². The smallest absolute Gasteiger partial charge is 0.240 e. The van der Waals surface area contributed by atoms with E-state index in [0.717, 1.165) is 18.7 Å². The van der Waals surface area contributed by atoms with Crippen LogP contribution in [-0.2, 0) is 11.3 Å². The number of nitrogens with one attached hydrogen (secondary N) is 1. The number of carbonyl (C=O) groups is 1. The maximum absolute atomic E-state index is 12.2. The van der Waals surface area contributed by atoms with Crippen LogP contribution in [0.4, 0.5) is 0 Å². The van der Waals surface area contributed by atoms with E-state index in [1.807, 2.05) is 12.1 Å². The lowest BCUT2D eigenvalue weighted by Crippen LogP contribution is -2.57. The van der Waals surface area contributed by atoms with E-state index in [2.05, 4.69) is 10.2 Å². The van der Waals surface area contributed by atoms with Gasteiger partial charge in [0.05, 0.1) is 10.0 Å². The van der Waals surface area contributed by atoms with Crippen LogP contribution in [0.25, 0.3) is 0 Å². The summed E-state index contributed by atoms with van der Waals surface area (Å²) in [6.07, 6.45) is 0. The Morgan fingerprint density at radius 1 is 1.40 bits per heavy atom. The van der Waals surface area contributed by atoms with E-state index in [9.17, 15) is 4.79 Å². The van der Waals surface area contributed by atoms with Crippen molar-refractivity contribution in [1.29, 1.82) is 0 Å².